The number of ether oxygens (including phenoxy) is 2. The van der Waals surface area contributed by atoms with Crippen LogP contribution in [0.5, 0.6) is 5.75 Å². The molecule has 0 saturated heterocycles. The van der Waals surface area contributed by atoms with Gasteiger partial charge in [-0.25, -0.2) is 0 Å². The minimum absolute atomic E-state index is 0.0790. The van der Waals surface area contributed by atoms with E-state index in [1.54, 1.807) is 0 Å². The predicted octanol–water partition coefficient (Wildman–Crippen LogP) is 5.84. The number of aliphatic hydroxyl groups is 1. The van der Waals surface area contributed by atoms with Crippen molar-refractivity contribution in [3.8, 4) is 5.75 Å². The first-order chi connectivity index (χ1) is 14.3. The van der Waals surface area contributed by atoms with Crippen LogP contribution in [0.3, 0.4) is 0 Å². The Bertz CT molecular complexity index is 969. The monoisotopic (exact) mass is 422 g/mol. The lowest BCUT2D eigenvalue weighted by Crippen LogP contribution is -2.49. The van der Waals surface area contributed by atoms with Crippen molar-refractivity contribution in [1.29, 1.82) is 0 Å². The van der Waals surface area contributed by atoms with Crippen LogP contribution in [0.1, 0.15) is 38.3 Å². The van der Waals surface area contributed by atoms with Gasteiger partial charge < -0.3 is 14.6 Å². The average molecular weight is 423 g/mol. The first-order valence-corrected chi connectivity index (χ1v) is 13.9. The van der Waals surface area contributed by atoms with Gasteiger partial charge in [0.1, 0.15) is 18.0 Å². The molecule has 3 nitrogen and oxygen atoms in total. The molecule has 0 radical (unpaired) electrons. The molecular formula is C26H34O3Si. The summed E-state index contributed by atoms with van der Waals surface area (Å²) in [7, 11) is -1.27. The zero-order chi connectivity index (χ0) is 21.7. The Hall–Kier alpha value is -2.14. The second kappa shape index (κ2) is 9.78. The lowest BCUT2D eigenvalue weighted by atomic mass is 9.91. The molecule has 4 heteroatoms. The molecule has 0 spiro atoms. The van der Waals surface area contributed by atoms with Crippen molar-refractivity contribution >= 4 is 19.6 Å². The fourth-order valence-corrected chi connectivity index (χ4v) is 6.19. The van der Waals surface area contributed by atoms with Gasteiger partial charge in [0.05, 0.1) is 20.6 Å². The third kappa shape index (κ3) is 5.12. The van der Waals surface area contributed by atoms with E-state index in [2.05, 4.69) is 55.6 Å². The van der Waals surface area contributed by atoms with Gasteiger partial charge in [0.25, 0.3) is 0 Å². The largest absolute Gasteiger partial charge is 0.489 e. The summed E-state index contributed by atoms with van der Waals surface area (Å²) in [5, 5.41) is 14.1. The van der Waals surface area contributed by atoms with Crippen LogP contribution in [0.4, 0.5) is 0 Å². The summed E-state index contributed by atoms with van der Waals surface area (Å²) in [4.78, 5) is 0. The molecule has 3 aromatic rings. The quantitative estimate of drug-likeness (QED) is 0.441. The zero-order valence-electron chi connectivity index (χ0n) is 18.8. The van der Waals surface area contributed by atoms with Crippen LogP contribution in [0.15, 0.2) is 66.7 Å². The summed E-state index contributed by atoms with van der Waals surface area (Å²) < 4.78 is 12.3. The van der Waals surface area contributed by atoms with Gasteiger partial charge in [-0.05, 0) is 60.4 Å². The van der Waals surface area contributed by atoms with Gasteiger partial charge in [-0.15, -0.1) is 0 Å². The Labute approximate surface area is 182 Å². The highest BCUT2D eigenvalue weighted by atomic mass is 28.3. The number of rotatable bonds is 9. The molecule has 2 atom stereocenters. The molecule has 0 aliphatic rings. The van der Waals surface area contributed by atoms with Gasteiger partial charge in [0.2, 0.25) is 0 Å². The molecule has 0 aliphatic heterocycles. The van der Waals surface area contributed by atoms with E-state index < -0.39 is 14.4 Å². The fourth-order valence-electron chi connectivity index (χ4n) is 4.03. The van der Waals surface area contributed by atoms with E-state index >= 15 is 0 Å². The average Bonchev–Trinajstić information content (AvgIpc) is 2.75. The second-order valence-electron chi connectivity index (χ2n) is 8.63. The summed E-state index contributed by atoms with van der Waals surface area (Å²) >= 11 is 0. The van der Waals surface area contributed by atoms with E-state index in [1.165, 1.54) is 10.8 Å². The number of hydrogen-bond donors (Lipinski definition) is 1. The highest BCUT2D eigenvalue weighted by molar-refractivity contribution is 6.57. The van der Waals surface area contributed by atoms with Crippen LogP contribution < -0.4 is 4.74 Å². The summed E-state index contributed by atoms with van der Waals surface area (Å²) in [6.45, 7) is 11.0. The van der Waals surface area contributed by atoms with E-state index in [0.29, 0.717) is 13.0 Å². The van der Waals surface area contributed by atoms with Crippen LogP contribution in [-0.2, 0) is 16.9 Å². The minimum atomic E-state index is -1.27. The highest BCUT2D eigenvalue weighted by Crippen LogP contribution is 2.35. The Morgan fingerprint density at radius 3 is 2.33 bits per heavy atom. The third-order valence-corrected chi connectivity index (χ3v) is 7.51. The number of benzene rings is 3. The third-order valence-electron chi connectivity index (χ3n) is 5.59. The summed E-state index contributed by atoms with van der Waals surface area (Å²) in [6, 6.07) is 22.6. The maximum atomic E-state index is 11.7. The van der Waals surface area contributed by atoms with Crippen LogP contribution >= 0.6 is 0 Å². The first kappa shape index (κ1) is 22.5. The SMILES string of the molecule is CCC(O)(c1cccc(OCc2ccc3ccccc3c2)c1)C(OC(C)C)[SiH](C)C. The summed E-state index contributed by atoms with van der Waals surface area (Å²) in [5.41, 5.74) is 0.832. The van der Waals surface area contributed by atoms with Gasteiger partial charge >= 0.3 is 0 Å². The van der Waals surface area contributed by atoms with Crippen molar-refractivity contribution in [3.05, 3.63) is 77.9 Å². The number of fused-ring (bicyclic) bond motifs is 1. The maximum absolute atomic E-state index is 11.7. The fraction of sp³-hybridized carbons (Fsp3) is 0.385. The summed E-state index contributed by atoms with van der Waals surface area (Å²) in [5.74, 6) is 0.765. The van der Waals surface area contributed by atoms with Crippen molar-refractivity contribution in [2.24, 2.45) is 0 Å². The molecule has 0 heterocycles. The molecule has 2 unspecified atom stereocenters. The topological polar surface area (TPSA) is 38.7 Å². The highest BCUT2D eigenvalue weighted by Gasteiger charge is 2.40. The smallest absolute Gasteiger partial charge is 0.120 e. The normalized spacial score (nSPS) is 14.8. The van der Waals surface area contributed by atoms with E-state index in [4.69, 9.17) is 9.47 Å². The van der Waals surface area contributed by atoms with Crippen LogP contribution in [0, 0.1) is 0 Å². The first-order valence-electron chi connectivity index (χ1n) is 10.9. The predicted molar refractivity (Wildman–Crippen MR) is 128 cm³/mol. The molecule has 3 aromatic carbocycles. The van der Waals surface area contributed by atoms with Gasteiger partial charge in [0, 0.05) is 0 Å². The molecule has 0 amide bonds. The number of hydrogen-bond acceptors (Lipinski definition) is 3. The van der Waals surface area contributed by atoms with E-state index in [-0.39, 0.29) is 11.8 Å². The Kier molecular flexibility index (Phi) is 7.35. The van der Waals surface area contributed by atoms with Crippen LogP contribution in [0.2, 0.25) is 13.1 Å². The molecule has 1 N–H and O–H groups in total. The molecule has 3 rings (SSSR count). The molecule has 0 fully saturated rings. The van der Waals surface area contributed by atoms with Gasteiger partial charge in [0.15, 0.2) is 0 Å². The molecule has 0 aromatic heterocycles. The standard InChI is InChI=1S/C26H34O3Si/c1-6-26(27,25(30(4)5)29-19(2)3)23-12-9-13-24(17-23)28-18-20-14-15-21-10-7-8-11-22(21)16-20/h7-17,19,25,27,30H,6,18H2,1-5H3. The lowest BCUT2D eigenvalue weighted by Gasteiger charge is -2.39. The van der Waals surface area contributed by atoms with Crippen molar-refractivity contribution in [2.45, 2.75) is 64.3 Å². The maximum Gasteiger partial charge on any atom is 0.120 e. The van der Waals surface area contributed by atoms with Crippen LogP contribution in [0.25, 0.3) is 10.8 Å². The van der Waals surface area contributed by atoms with Crippen LogP contribution in [-0.4, -0.2) is 25.7 Å². The Balaban J connectivity index is 1.81. The van der Waals surface area contributed by atoms with E-state index in [9.17, 15) is 5.11 Å². The minimum Gasteiger partial charge on any atom is -0.489 e. The van der Waals surface area contributed by atoms with Gasteiger partial charge in [-0.2, -0.15) is 0 Å². The molecule has 0 bridgehead atoms. The Morgan fingerprint density at radius 2 is 1.67 bits per heavy atom. The van der Waals surface area contributed by atoms with Crippen molar-refractivity contribution in [1.82, 2.24) is 0 Å². The van der Waals surface area contributed by atoms with Crippen molar-refractivity contribution in [2.75, 3.05) is 0 Å². The molecular weight excluding hydrogens is 388 g/mol. The summed E-state index contributed by atoms with van der Waals surface area (Å²) in [6.07, 6.45) is 0.680. The Morgan fingerprint density at radius 1 is 0.933 bits per heavy atom. The van der Waals surface area contributed by atoms with E-state index in [0.717, 1.165) is 16.9 Å². The molecule has 160 valence electrons. The van der Waals surface area contributed by atoms with E-state index in [1.807, 2.05) is 45.0 Å². The molecule has 0 saturated carbocycles. The second-order valence-corrected chi connectivity index (χ2v) is 11.7. The molecule has 0 aliphatic carbocycles. The van der Waals surface area contributed by atoms with Crippen molar-refractivity contribution in [3.63, 3.8) is 0 Å². The van der Waals surface area contributed by atoms with Crippen molar-refractivity contribution < 1.29 is 14.6 Å². The zero-order valence-corrected chi connectivity index (χ0v) is 19.9. The van der Waals surface area contributed by atoms with Gasteiger partial charge in [-0.1, -0.05) is 68.5 Å². The molecule has 30 heavy (non-hydrogen) atoms. The van der Waals surface area contributed by atoms with Gasteiger partial charge in [-0.3, -0.25) is 0 Å². The lowest BCUT2D eigenvalue weighted by molar-refractivity contribution is -0.0987.